The summed E-state index contributed by atoms with van der Waals surface area (Å²) >= 11 is 0. The first-order valence-corrected chi connectivity index (χ1v) is 6.24. The molecule has 2 rings (SSSR count). The first-order chi connectivity index (χ1) is 9.29. The van der Waals surface area contributed by atoms with Crippen molar-refractivity contribution >= 4 is 36.2 Å². The highest BCUT2D eigenvalue weighted by molar-refractivity contribution is 14.0. The lowest BCUT2D eigenvalue weighted by atomic mass is 10.2. The van der Waals surface area contributed by atoms with Crippen molar-refractivity contribution in [1.29, 1.82) is 0 Å². The highest BCUT2D eigenvalue weighted by atomic mass is 127. The number of hydrogen-bond acceptors (Lipinski definition) is 6. The maximum Gasteiger partial charge on any atom is 0.212 e. The van der Waals surface area contributed by atoms with Gasteiger partial charge >= 0.3 is 0 Å². The first kappa shape index (κ1) is 16.5. The molecule has 1 heterocycles. The van der Waals surface area contributed by atoms with Gasteiger partial charge in [0.05, 0.1) is 13.3 Å². The topological polar surface area (TPSA) is 78.2 Å². The van der Waals surface area contributed by atoms with Crippen LogP contribution in [-0.2, 0) is 0 Å². The van der Waals surface area contributed by atoms with Gasteiger partial charge in [0.15, 0.2) is 11.5 Å². The molecule has 1 aliphatic heterocycles. The lowest BCUT2D eigenvalue weighted by Gasteiger charge is -2.05. The Bertz CT molecular complexity index is 491. The van der Waals surface area contributed by atoms with Crippen LogP contribution < -0.4 is 15.5 Å². The zero-order valence-corrected chi connectivity index (χ0v) is 13.6. The molecule has 0 saturated heterocycles. The molecular weight excluding hydrogens is 371 g/mol. The molecule has 0 saturated carbocycles. The largest absolute Gasteiger partial charge is 0.504 e. The minimum absolute atomic E-state index is 0. The van der Waals surface area contributed by atoms with Gasteiger partial charge in [-0.25, -0.2) is 5.43 Å². The Labute approximate surface area is 135 Å². The fourth-order valence-corrected chi connectivity index (χ4v) is 1.71. The van der Waals surface area contributed by atoms with Crippen LogP contribution in [0.5, 0.6) is 11.5 Å². The van der Waals surface area contributed by atoms with Gasteiger partial charge in [0.25, 0.3) is 0 Å². The molecule has 0 fully saturated rings. The number of benzene rings is 1. The summed E-state index contributed by atoms with van der Waals surface area (Å²) < 4.78 is 5.03. The molecule has 1 aromatic rings. The number of rotatable bonds is 3. The monoisotopic (exact) mass is 390 g/mol. The molecule has 1 aromatic carbocycles. The molecule has 110 valence electrons. The highest BCUT2D eigenvalue weighted by Crippen LogP contribution is 2.25. The predicted molar refractivity (Wildman–Crippen MR) is 90.3 cm³/mol. The second kappa shape index (κ2) is 8.62. The van der Waals surface area contributed by atoms with Gasteiger partial charge in [-0.05, 0) is 36.6 Å². The van der Waals surface area contributed by atoms with Gasteiger partial charge in [-0.2, -0.15) is 5.10 Å². The van der Waals surface area contributed by atoms with Gasteiger partial charge < -0.3 is 15.2 Å². The Morgan fingerprint density at radius 3 is 3.10 bits per heavy atom. The van der Waals surface area contributed by atoms with Gasteiger partial charge in [-0.15, -0.1) is 24.0 Å². The van der Waals surface area contributed by atoms with Crippen molar-refractivity contribution in [3.63, 3.8) is 0 Å². The molecule has 0 amide bonds. The molecule has 6 nitrogen and oxygen atoms in total. The predicted octanol–water partition coefficient (Wildman–Crippen LogP) is 1.68. The standard InChI is InChI=1S/C13H18N4O2.HI/c1-19-12-8-10(4-5-11(12)18)9-16-17-13-14-6-2-3-7-15-13;/h4-5,8-9,18H,2-3,6-7H2,1H3,(H2,14,15,17);1H/b16-9+;. The van der Waals surface area contributed by atoms with Crippen LogP contribution in [0.1, 0.15) is 18.4 Å². The summed E-state index contributed by atoms with van der Waals surface area (Å²) in [5, 5.41) is 16.7. The van der Waals surface area contributed by atoms with Gasteiger partial charge in [-0.1, -0.05) is 0 Å². The zero-order valence-electron chi connectivity index (χ0n) is 11.3. The van der Waals surface area contributed by atoms with Gasteiger partial charge in [0.2, 0.25) is 5.96 Å². The van der Waals surface area contributed by atoms with Gasteiger partial charge in [0.1, 0.15) is 0 Å². The summed E-state index contributed by atoms with van der Waals surface area (Å²) in [7, 11) is 1.51. The number of hydrogen-bond donors (Lipinski definition) is 3. The van der Waals surface area contributed by atoms with Crippen molar-refractivity contribution < 1.29 is 9.84 Å². The molecule has 0 aliphatic carbocycles. The number of aliphatic imine (C=N–C) groups is 1. The van der Waals surface area contributed by atoms with Crippen molar-refractivity contribution in [1.82, 2.24) is 10.7 Å². The molecule has 1 aliphatic rings. The Morgan fingerprint density at radius 1 is 1.45 bits per heavy atom. The van der Waals surface area contributed by atoms with Crippen molar-refractivity contribution in [3.8, 4) is 11.5 Å². The van der Waals surface area contributed by atoms with Crippen LogP contribution in [0.25, 0.3) is 0 Å². The third-order valence-corrected chi connectivity index (χ3v) is 2.74. The molecule has 0 unspecified atom stereocenters. The maximum atomic E-state index is 9.48. The number of aromatic hydroxyl groups is 1. The van der Waals surface area contributed by atoms with E-state index in [2.05, 4.69) is 20.8 Å². The molecule has 0 bridgehead atoms. The van der Waals surface area contributed by atoms with Crippen molar-refractivity contribution in [2.24, 2.45) is 10.1 Å². The Morgan fingerprint density at radius 2 is 2.30 bits per heavy atom. The summed E-state index contributed by atoms with van der Waals surface area (Å²) in [6, 6.07) is 5.04. The lowest BCUT2D eigenvalue weighted by molar-refractivity contribution is 0.373. The van der Waals surface area contributed by atoms with E-state index >= 15 is 0 Å². The Kier molecular flexibility index (Phi) is 7.13. The minimum Gasteiger partial charge on any atom is -0.504 e. The number of nitrogens with one attached hydrogen (secondary N) is 2. The summed E-state index contributed by atoms with van der Waals surface area (Å²) in [6.45, 7) is 1.73. The van der Waals surface area contributed by atoms with E-state index in [-0.39, 0.29) is 29.7 Å². The quantitative estimate of drug-likeness (QED) is 0.417. The fourth-order valence-electron chi connectivity index (χ4n) is 1.71. The van der Waals surface area contributed by atoms with E-state index < -0.39 is 0 Å². The van der Waals surface area contributed by atoms with Crippen LogP contribution >= 0.6 is 24.0 Å². The molecule has 0 radical (unpaired) electrons. The van der Waals surface area contributed by atoms with Gasteiger partial charge in [-0.3, -0.25) is 4.99 Å². The molecule has 0 atom stereocenters. The lowest BCUT2D eigenvalue weighted by Crippen LogP contribution is -2.33. The van der Waals surface area contributed by atoms with Crippen LogP contribution in [0.2, 0.25) is 0 Å². The Balaban J connectivity index is 0.00000200. The minimum atomic E-state index is 0. The molecule has 0 spiro atoms. The van der Waals surface area contributed by atoms with E-state index in [1.165, 1.54) is 7.11 Å². The number of phenols is 1. The van der Waals surface area contributed by atoms with E-state index in [9.17, 15) is 5.11 Å². The fraction of sp³-hybridized carbons (Fsp3) is 0.385. The third kappa shape index (κ3) is 4.87. The smallest absolute Gasteiger partial charge is 0.212 e. The van der Waals surface area contributed by atoms with Crippen LogP contribution in [0.15, 0.2) is 28.3 Å². The normalized spacial score (nSPS) is 14.8. The molecular formula is C13H19IN4O2. The Hall–Kier alpha value is -1.51. The second-order valence-electron chi connectivity index (χ2n) is 4.17. The number of hydrazone groups is 1. The number of ether oxygens (including phenoxy) is 1. The average molecular weight is 390 g/mol. The second-order valence-corrected chi connectivity index (χ2v) is 4.17. The van der Waals surface area contributed by atoms with Crippen LogP contribution in [0.4, 0.5) is 0 Å². The van der Waals surface area contributed by atoms with E-state index in [1.54, 1.807) is 24.4 Å². The third-order valence-electron chi connectivity index (χ3n) is 2.74. The summed E-state index contributed by atoms with van der Waals surface area (Å²) in [5.74, 6) is 1.23. The first-order valence-electron chi connectivity index (χ1n) is 6.24. The van der Waals surface area contributed by atoms with Crippen molar-refractivity contribution in [2.45, 2.75) is 12.8 Å². The summed E-state index contributed by atoms with van der Waals surface area (Å²) in [4.78, 5) is 4.32. The number of methoxy groups -OCH3 is 1. The SMILES string of the molecule is COc1cc(/C=N/NC2=NCCCCN2)ccc1O.I. The van der Waals surface area contributed by atoms with Crippen LogP contribution in [0, 0.1) is 0 Å². The summed E-state index contributed by atoms with van der Waals surface area (Å²) in [6.07, 6.45) is 3.86. The van der Waals surface area contributed by atoms with Gasteiger partial charge in [0, 0.05) is 13.1 Å². The van der Waals surface area contributed by atoms with E-state index in [4.69, 9.17) is 4.74 Å². The zero-order chi connectivity index (χ0) is 13.5. The molecule has 0 aromatic heterocycles. The number of nitrogens with zero attached hydrogens (tertiary/aromatic N) is 2. The molecule has 20 heavy (non-hydrogen) atoms. The summed E-state index contributed by atoms with van der Waals surface area (Å²) in [5.41, 5.74) is 3.70. The van der Waals surface area contributed by atoms with Crippen molar-refractivity contribution in [2.75, 3.05) is 20.2 Å². The highest BCUT2D eigenvalue weighted by Gasteiger charge is 2.02. The van der Waals surface area contributed by atoms with E-state index in [0.717, 1.165) is 31.5 Å². The number of guanidine groups is 1. The van der Waals surface area contributed by atoms with E-state index in [0.29, 0.717) is 11.7 Å². The van der Waals surface area contributed by atoms with Crippen molar-refractivity contribution in [3.05, 3.63) is 23.8 Å². The average Bonchev–Trinajstić information content (AvgIpc) is 2.69. The van der Waals surface area contributed by atoms with Crippen LogP contribution in [0.3, 0.4) is 0 Å². The van der Waals surface area contributed by atoms with Crippen LogP contribution in [-0.4, -0.2) is 37.5 Å². The maximum absolute atomic E-state index is 9.48. The van der Waals surface area contributed by atoms with E-state index in [1.807, 2.05) is 0 Å². The number of phenolic OH excluding ortho intramolecular Hbond substituents is 1. The number of halogens is 1. The molecule has 7 heteroatoms. The molecule has 3 N–H and O–H groups in total.